The molecule has 0 saturated carbocycles. The fourth-order valence-electron chi connectivity index (χ4n) is 3.49. The molecule has 0 fully saturated rings. The summed E-state index contributed by atoms with van der Waals surface area (Å²) in [5.74, 6) is 0.534. The van der Waals surface area contributed by atoms with E-state index >= 15 is 0 Å². The molecular formula is C17H17N3O2S. The Morgan fingerprint density at radius 3 is 2.61 bits per heavy atom. The number of rotatable bonds is 2. The molecule has 1 aliphatic heterocycles. The zero-order valence-corrected chi connectivity index (χ0v) is 13.5. The fraction of sp³-hybridized carbons (Fsp3) is 0.294. The highest BCUT2D eigenvalue weighted by atomic mass is 32.2. The van der Waals surface area contributed by atoms with Crippen molar-refractivity contribution in [1.29, 1.82) is 0 Å². The number of Topliss-reactive ketones (excluding diaryl/α,β-unsaturated/α-hetero) is 1. The van der Waals surface area contributed by atoms with Crippen molar-refractivity contribution in [2.75, 3.05) is 11.6 Å². The Bertz CT molecular complexity index is 861. The van der Waals surface area contributed by atoms with Crippen LogP contribution in [0.2, 0.25) is 0 Å². The molecule has 0 radical (unpaired) electrons. The molecule has 4 rings (SSSR count). The number of carbonyl (C=O) groups excluding carboxylic acids is 1. The Morgan fingerprint density at radius 1 is 1.09 bits per heavy atom. The van der Waals surface area contributed by atoms with Gasteiger partial charge in [-0.15, -0.1) is 11.8 Å². The molecule has 1 atom stereocenters. The zero-order valence-electron chi connectivity index (χ0n) is 12.7. The first-order valence-electron chi connectivity index (χ1n) is 7.67. The number of allylic oxidation sites excluding steroid dienone is 2. The number of aromatic amines is 2. The van der Waals surface area contributed by atoms with Gasteiger partial charge in [0.25, 0.3) is 5.56 Å². The number of hydrogen-bond acceptors (Lipinski definition) is 4. The van der Waals surface area contributed by atoms with Gasteiger partial charge in [-0.25, -0.2) is 0 Å². The molecule has 2 aromatic rings. The van der Waals surface area contributed by atoms with Gasteiger partial charge in [0.15, 0.2) is 5.78 Å². The van der Waals surface area contributed by atoms with Gasteiger partial charge in [-0.2, -0.15) is 0 Å². The molecule has 23 heavy (non-hydrogen) atoms. The lowest BCUT2D eigenvalue weighted by atomic mass is 9.77. The summed E-state index contributed by atoms with van der Waals surface area (Å²) in [6.45, 7) is 0. The standard InChI is InChI=1S/C17H17N3O2S/c1-23-10-7-5-9(6-8-10)13-14-11(3-2-4-12(14)21)18-16-15(13)17(22)20-19-16/h5-8,13H,2-4H2,1H3,(H3,18,19,20,22). The van der Waals surface area contributed by atoms with Gasteiger partial charge in [0.1, 0.15) is 5.82 Å². The normalized spacial score (nSPS) is 20.0. The number of H-pyrrole nitrogens is 2. The first-order chi connectivity index (χ1) is 11.2. The maximum Gasteiger partial charge on any atom is 0.270 e. The summed E-state index contributed by atoms with van der Waals surface area (Å²) in [7, 11) is 0. The lowest BCUT2D eigenvalue weighted by Gasteiger charge is -2.31. The summed E-state index contributed by atoms with van der Waals surface area (Å²) < 4.78 is 0. The smallest absolute Gasteiger partial charge is 0.270 e. The van der Waals surface area contributed by atoms with E-state index in [1.54, 1.807) is 11.8 Å². The van der Waals surface area contributed by atoms with Crippen molar-refractivity contribution in [2.45, 2.75) is 30.1 Å². The Labute approximate surface area is 137 Å². The van der Waals surface area contributed by atoms with E-state index in [1.165, 1.54) is 0 Å². The summed E-state index contributed by atoms with van der Waals surface area (Å²) in [5.41, 5.74) is 3.12. The van der Waals surface area contributed by atoms with E-state index in [0.717, 1.165) is 34.6 Å². The van der Waals surface area contributed by atoms with E-state index < -0.39 is 0 Å². The number of anilines is 1. The maximum atomic E-state index is 12.6. The topological polar surface area (TPSA) is 77.8 Å². The minimum absolute atomic E-state index is 0.143. The Morgan fingerprint density at radius 2 is 1.87 bits per heavy atom. The van der Waals surface area contributed by atoms with Crippen LogP contribution in [0.4, 0.5) is 5.82 Å². The van der Waals surface area contributed by atoms with Gasteiger partial charge in [0.2, 0.25) is 0 Å². The minimum atomic E-state index is -0.292. The van der Waals surface area contributed by atoms with Crippen LogP contribution in [0.3, 0.4) is 0 Å². The Hall–Kier alpha value is -2.21. The number of benzene rings is 1. The lowest BCUT2D eigenvalue weighted by molar-refractivity contribution is -0.116. The zero-order chi connectivity index (χ0) is 16.0. The van der Waals surface area contributed by atoms with Crippen LogP contribution in [0.5, 0.6) is 0 Å². The summed E-state index contributed by atoms with van der Waals surface area (Å²) in [5, 5.41) is 8.78. The Balaban J connectivity index is 1.92. The second kappa shape index (κ2) is 5.45. The summed E-state index contributed by atoms with van der Waals surface area (Å²) in [6, 6.07) is 8.11. The van der Waals surface area contributed by atoms with Crippen LogP contribution in [0.1, 0.15) is 36.3 Å². The molecule has 2 heterocycles. The first-order valence-corrected chi connectivity index (χ1v) is 8.89. The minimum Gasteiger partial charge on any atom is -0.343 e. The third kappa shape index (κ3) is 2.25. The van der Waals surface area contributed by atoms with E-state index in [9.17, 15) is 9.59 Å². The van der Waals surface area contributed by atoms with Gasteiger partial charge in [0, 0.05) is 28.5 Å². The average Bonchev–Trinajstić information content (AvgIpc) is 2.94. The molecule has 1 unspecified atom stereocenters. The molecule has 3 N–H and O–H groups in total. The van der Waals surface area contributed by atoms with E-state index in [1.807, 2.05) is 30.5 Å². The quantitative estimate of drug-likeness (QED) is 0.741. The molecule has 0 spiro atoms. The van der Waals surface area contributed by atoms with Crippen molar-refractivity contribution in [3.8, 4) is 0 Å². The van der Waals surface area contributed by atoms with Gasteiger partial charge >= 0.3 is 0 Å². The highest BCUT2D eigenvalue weighted by molar-refractivity contribution is 7.98. The van der Waals surface area contributed by atoms with Crippen molar-refractivity contribution in [3.63, 3.8) is 0 Å². The molecule has 1 aliphatic carbocycles. The largest absolute Gasteiger partial charge is 0.343 e. The van der Waals surface area contributed by atoms with Crippen LogP contribution in [0.15, 0.2) is 45.2 Å². The lowest BCUT2D eigenvalue weighted by Crippen LogP contribution is -2.29. The second-order valence-corrected chi connectivity index (χ2v) is 6.75. The second-order valence-electron chi connectivity index (χ2n) is 5.87. The van der Waals surface area contributed by atoms with E-state index in [2.05, 4.69) is 15.5 Å². The molecule has 1 aromatic carbocycles. The molecule has 0 amide bonds. The predicted octanol–water partition coefficient (Wildman–Crippen LogP) is 2.99. The third-order valence-electron chi connectivity index (χ3n) is 4.57. The SMILES string of the molecule is CSc1ccc(C2C3=C(CCCC3=O)Nc3[nH][nH]c(=O)c32)cc1. The number of hydrogen-bond donors (Lipinski definition) is 3. The van der Waals surface area contributed by atoms with Crippen molar-refractivity contribution in [3.05, 3.63) is 57.0 Å². The van der Waals surface area contributed by atoms with E-state index in [0.29, 0.717) is 17.8 Å². The number of fused-ring (bicyclic) bond motifs is 1. The fourth-order valence-corrected chi connectivity index (χ4v) is 3.90. The van der Waals surface area contributed by atoms with Crippen LogP contribution in [0, 0.1) is 0 Å². The number of thioether (sulfide) groups is 1. The molecule has 0 bridgehead atoms. The van der Waals surface area contributed by atoms with Crippen LogP contribution in [-0.4, -0.2) is 22.2 Å². The van der Waals surface area contributed by atoms with Crippen molar-refractivity contribution in [1.82, 2.24) is 10.2 Å². The van der Waals surface area contributed by atoms with Gasteiger partial charge in [-0.05, 0) is 36.8 Å². The number of ketones is 1. The number of carbonyl (C=O) groups is 1. The van der Waals surface area contributed by atoms with Crippen molar-refractivity contribution < 1.29 is 4.79 Å². The molecule has 2 aliphatic rings. The Kier molecular flexibility index (Phi) is 3.41. The number of nitrogens with one attached hydrogen (secondary N) is 3. The van der Waals surface area contributed by atoms with Gasteiger partial charge in [-0.3, -0.25) is 19.8 Å². The molecule has 1 aromatic heterocycles. The van der Waals surface area contributed by atoms with Gasteiger partial charge < -0.3 is 5.32 Å². The van der Waals surface area contributed by atoms with Crippen LogP contribution < -0.4 is 10.9 Å². The van der Waals surface area contributed by atoms with E-state index in [4.69, 9.17) is 0 Å². The molecule has 0 saturated heterocycles. The maximum absolute atomic E-state index is 12.6. The monoisotopic (exact) mass is 327 g/mol. The predicted molar refractivity (Wildman–Crippen MR) is 91.0 cm³/mol. The van der Waals surface area contributed by atoms with Crippen LogP contribution in [0.25, 0.3) is 0 Å². The van der Waals surface area contributed by atoms with Crippen LogP contribution >= 0.6 is 11.8 Å². The molecular weight excluding hydrogens is 310 g/mol. The summed E-state index contributed by atoms with van der Waals surface area (Å²) in [4.78, 5) is 26.0. The average molecular weight is 327 g/mol. The van der Waals surface area contributed by atoms with Crippen LogP contribution in [-0.2, 0) is 4.79 Å². The summed E-state index contributed by atoms with van der Waals surface area (Å²) in [6.07, 6.45) is 4.28. The highest BCUT2D eigenvalue weighted by Crippen LogP contribution is 2.43. The molecule has 118 valence electrons. The highest BCUT2D eigenvalue weighted by Gasteiger charge is 2.37. The first kappa shape index (κ1) is 14.4. The summed E-state index contributed by atoms with van der Waals surface area (Å²) >= 11 is 1.67. The van der Waals surface area contributed by atoms with Crippen molar-refractivity contribution >= 4 is 23.4 Å². The van der Waals surface area contributed by atoms with E-state index in [-0.39, 0.29) is 17.3 Å². The third-order valence-corrected chi connectivity index (χ3v) is 5.32. The molecule has 5 nitrogen and oxygen atoms in total. The van der Waals surface area contributed by atoms with Crippen molar-refractivity contribution in [2.24, 2.45) is 0 Å². The molecule has 6 heteroatoms. The number of aromatic nitrogens is 2. The van der Waals surface area contributed by atoms with Gasteiger partial charge in [-0.1, -0.05) is 12.1 Å². The van der Waals surface area contributed by atoms with Gasteiger partial charge in [0.05, 0.1) is 5.56 Å².